The molecule has 0 spiro atoms. The molecule has 1 aromatic carbocycles. The second kappa shape index (κ2) is 9.68. The van der Waals surface area contributed by atoms with Crippen LogP contribution in [0.1, 0.15) is 29.6 Å². The summed E-state index contributed by atoms with van der Waals surface area (Å²) in [6.45, 7) is 0.00254. The van der Waals surface area contributed by atoms with Gasteiger partial charge in [-0.1, -0.05) is 0 Å². The van der Waals surface area contributed by atoms with Gasteiger partial charge in [-0.3, -0.25) is 9.59 Å². The minimum absolute atomic E-state index is 0.0179. The topological polar surface area (TPSA) is 99.2 Å². The number of anilines is 1. The number of amides is 2. The molecule has 2 unspecified atom stereocenters. The number of alkyl halides is 6. The smallest absolute Gasteiger partial charge is 0.471 e. The van der Waals surface area contributed by atoms with Gasteiger partial charge in [0.05, 0.1) is 11.6 Å². The van der Waals surface area contributed by atoms with Crippen molar-refractivity contribution in [2.24, 2.45) is 0 Å². The zero-order chi connectivity index (χ0) is 25.3. The number of benzene rings is 1. The number of ether oxygens (including phenoxy) is 1. The van der Waals surface area contributed by atoms with E-state index in [0.717, 1.165) is 0 Å². The van der Waals surface area contributed by atoms with Gasteiger partial charge in [-0.15, -0.1) is 0 Å². The van der Waals surface area contributed by atoms with E-state index in [1.54, 1.807) is 5.32 Å². The summed E-state index contributed by atoms with van der Waals surface area (Å²) < 4.78 is 84.7. The molecule has 1 aromatic rings. The van der Waals surface area contributed by atoms with Crippen LogP contribution in [0.5, 0.6) is 0 Å². The molecule has 2 atom stereocenters. The Bertz CT molecular complexity index is 915. The van der Waals surface area contributed by atoms with E-state index < -0.39 is 48.4 Å². The standard InChI is InChI=1S/C20H21F6N3O5/c21-19(22,23)17(32)27-14-5-8-28(12-3-1-11(2-4-12)16(30)31)15(14)29(18(33)20(24,25)26)13-6-9-34-10-7-13/h1-4,13-15H,5-10H2,(H,27,32)(H,30,31). The first-order valence-corrected chi connectivity index (χ1v) is 10.3. The van der Waals surface area contributed by atoms with Gasteiger partial charge in [0.15, 0.2) is 0 Å². The second-order valence-corrected chi connectivity index (χ2v) is 7.88. The van der Waals surface area contributed by atoms with Crippen molar-refractivity contribution in [1.82, 2.24) is 10.2 Å². The molecule has 8 nitrogen and oxygen atoms in total. The third-order valence-corrected chi connectivity index (χ3v) is 5.73. The molecule has 34 heavy (non-hydrogen) atoms. The Hall–Kier alpha value is -3.03. The van der Waals surface area contributed by atoms with E-state index in [1.165, 1.54) is 29.2 Å². The molecular formula is C20H21F6N3O5. The van der Waals surface area contributed by atoms with Crippen LogP contribution < -0.4 is 10.2 Å². The molecule has 0 radical (unpaired) electrons. The maximum absolute atomic E-state index is 13.6. The minimum atomic E-state index is -5.32. The molecule has 2 aliphatic rings. The average Bonchev–Trinajstić information content (AvgIpc) is 3.16. The Labute approximate surface area is 189 Å². The second-order valence-electron chi connectivity index (χ2n) is 7.88. The molecule has 2 aliphatic heterocycles. The van der Waals surface area contributed by atoms with Crippen molar-refractivity contribution in [2.45, 2.75) is 49.9 Å². The molecule has 3 rings (SSSR count). The number of carboxylic acids is 1. The van der Waals surface area contributed by atoms with Crippen molar-refractivity contribution < 1.29 is 50.6 Å². The molecule has 0 aromatic heterocycles. The van der Waals surface area contributed by atoms with E-state index >= 15 is 0 Å². The highest BCUT2D eigenvalue weighted by Crippen LogP contribution is 2.35. The number of nitrogens with zero attached hydrogens (tertiary/aromatic N) is 2. The van der Waals surface area contributed by atoms with Crippen LogP contribution in [0.4, 0.5) is 32.0 Å². The number of carbonyl (C=O) groups is 3. The molecule has 2 N–H and O–H groups in total. The Morgan fingerprint density at radius 1 is 0.971 bits per heavy atom. The lowest BCUT2D eigenvalue weighted by Gasteiger charge is -2.44. The molecule has 0 aliphatic carbocycles. The first kappa shape index (κ1) is 25.6. The van der Waals surface area contributed by atoms with E-state index in [9.17, 15) is 40.7 Å². The highest BCUT2D eigenvalue weighted by molar-refractivity contribution is 5.88. The Kier molecular flexibility index (Phi) is 7.29. The normalized spacial score (nSPS) is 21.9. The largest absolute Gasteiger partial charge is 0.478 e. The van der Waals surface area contributed by atoms with Crippen molar-refractivity contribution >= 4 is 23.5 Å². The summed E-state index contributed by atoms with van der Waals surface area (Å²) in [4.78, 5) is 37.0. The molecule has 2 amide bonds. The zero-order valence-electron chi connectivity index (χ0n) is 17.5. The summed E-state index contributed by atoms with van der Waals surface area (Å²) in [6, 6.07) is 2.45. The molecule has 188 valence electrons. The summed E-state index contributed by atoms with van der Waals surface area (Å²) in [5, 5.41) is 10.8. The molecule has 2 fully saturated rings. The molecule has 0 bridgehead atoms. The third kappa shape index (κ3) is 5.54. The van der Waals surface area contributed by atoms with Gasteiger partial charge in [-0.2, -0.15) is 26.3 Å². The van der Waals surface area contributed by atoms with Gasteiger partial charge in [0.25, 0.3) is 0 Å². The Morgan fingerprint density at radius 3 is 2.06 bits per heavy atom. The van der Waals surface area contributed by atoms with Crippen LogP contribution in [-0.2, 0) is 14.3 Å². The number of carboxylic acid groups (broad SMARTS) is 1. The summed E-state index contributed by atoms with van der Waals surface area (Å²) in [5.41, 5.74) is 0.0693. The van der Waals surface area contributed by atoms with Gasteiger partial charge in [0, 0.05) is 31.5 Å². The Balaban J connectivity index is 2.05. The van der Waals surface area contributed by atoms with E-state index in [2.05, 4.69) is 0 Å². The average molecular weight is 497 g/mol. The molecule has 2 saturated heterocycles. The van der Waals surface area contributed by atoms with Crippen molar-refractivity contribution in [2.75, 3.05) is 24.7 Å². The van der Waals surface area contributed by atoms with E-state index in [-0.39, 0.29) is 50.3 Å². The number of aromatic carboxylic acids is 1. The number of rotatable bonds is 5. The number of halogens is 6. The van der Waals surface area contributed by atoms with Crippen LogP contribution in [0.15, 0.2) is 24.3 Å². The highest BCUT2D eigenvalue weighted by Gasteiger charge is 2.53. The number of carbonyl (C=O) groups excluding carboxylic acids is 2. The van der Waals surface area contributed by atoms with Gasteiger partial charge in [-0.25, -0.2) is 4.79 Å². The summed E-state index contributed by atoms with van der Waals surface area (Å²) >= 11 is 0. The van der Waals surface area contributed by atoms with Crippen LogP contribution in [-0.4, -0.2) is 78.2 Å². The summed E-state index contributed by atoms with van der Waals surface area (Å²) in [7, 11) is 0. The molecule has 2 heterocycles. The first-order valence-electron chi connectivity index (χ1n) is 10.3. The first-order chi connectivity index (χ1) is 15.8. The van der Waals surface area contributed by atoms with Crippen LogP contribution >= 0.6 is 0 Å². The predicted octanol–water partition coefficient (Wildman–Crippen LogP) is 2.54. The lowest BCUT2D eigenvalue weighted by atomic mass is 10.0. The van der Waals surface area contributed by atoms with Crippen LogP contribution in [0, 0.1) is 0 Å². The predicted molar refractivity (Wildman–Crippen MR) is 104 cm³/mol. The molecular weight excluding hydrogens is 476 g/mol. The number of hydrogen-bond donors (Lipinski definition) is 2. The highest BCUT2D eigenvalue weighted by atomic mass is 19.4. The van der Waals surface area contributed by atoms with Gasteiger partial charge < -0.3 is 25.0 Å². The number of hydrogen-bond acceptors (Lipinski definition) is 5. The number of nitrogens with one attached hydrogen (secondary N) is 1. The lowest BCUT2D eigenvalue weighted by Crippen LogP contribution is -2.63. The van der Waals surface area contributed by atoms with Gasteiger partial charge in [0.1, 0.15) is 6.17 Å². The van der Waals surface area contributed by atoms with Crippen molar-refractivity contribution in [3.63, 3.8) is 0 Å². The fraction of sp³-hybridized carbons (Fsp3) is 0.550. The van der Waals surface area contributed by atoms with Crippen molar-refractivity contribution in [3.8, 4) is 0 Å². The van der Waals surface area contributed by atoms with Crippen molar-refractivity contribution in [3.05, 3.63) is 29.8 Å². The lowest BCUT2D eigenvalue weighted by molar-refractivity contribution is -0.193. The summed E-state index contributed by atoms with van der Waals surface area (Å²) in [5.74, 6) is -5.84. The van der Waals surface area contributed by atoms with Crippen LogP contribution in [0.25, 0.3) is 0 Å². The van der Waals surface area contributed by atoms with Gasteiger partial charge in [0.2, 0.25) is 0 Å². The fourth-order valence-corrected chi connectivity index (χ4v) is 4.21. The minimum Gasteiger partial charge on any atom is -0.478 e. The van der Waals surface area contributed by atoms with E-state index in [1.807, 2.05) is 0 Å². The van der Waals surface area contributed by atoms with Crippen molar-refractivity contribution in [1.29, 1.82) is 0 Å². The van der Waals surface area contributed by atoms with Crippen LogP contribution in [0.3, 0.4) is 0 Å². The third-order valence-electron chi connectivity index (χ3n) is 5.73. The van der Waals surface area contributed by atoms with E-state index in [4.69, 9.17) is 9.84 Å². The molecule has 0 saturated carbocycles. The zero-order valence-corrected chi connectivity index (χ0v) is 17.5. The quantitative estimate of drug-likeness (QED) is 0.607. The SMILES string of the molecule is O=C(O)c1ccc(N2CCC(NC(=O)C(F)(F)F)C2N(C(=O)C(F)(F)F)C2CCOCC2)cc1. The monoisotopic (exact) mass is 497 g/mol. The van der Waals surface area contributed by atoms with Gasteiger partial charge in [-0.05, 0) is 43.5 Å². The maximum Gasteiger partial charge on any atom is 0.471 e. The van der Waals surface area contributed by atoms with E-state index in [0.29, 0.717) is 4.90 Å². The van der Waals surface area contributed by atoms with Gasteiger partial charge >= 0.3 is 30.1 Å². The van der Waals surface area contributed by atoms with Crippen LogP contribution in [0.2, 0.25) is 0 Å². The molecule has 14 heteroatoms. The summed E-state index contributed by atoms with van der Waals surface area (Å²) in [6.07, 6.45) is -12.3. The Morgan fingerprint density at radius 2 is 1.56 bits per heavy atom. The fourth-order valence-electron chi connectivity index (χ4n) is 4.21. The maximum atomic E-state index is 13.6.